The van der Waals surface area contributed by atoms with Crippen LogP contribution in [0.2, 0.25) is 0 Å². The smallest absolute Gasteiger partial charge is 0.247 e. The highest BCUT2D eigenvalue weighted by Gasteiger charge is 2.34. The lowest BCUT2D eigenvalue weighted by Crippen LogP contribution is -2.45. The number of hydrogen-bond acceptors (Lipinski definition) is 4. The van der Waals surface area contributed by atoms with Crippen LogP contribution >= 0.6 is 0 Å². The van der Waals surface area contributed by atoms with E-state index in [1.807, 2.05) is 0 Å². The third-order valence-corrected chi connectivity index (χ3v) is 3.19. The molecule has 110 valence electrons. The average molecular weight is 290 g/mol. The van der Waals surface area contributed by atoms with Crippen LogP contribution in [-0.4, -0.2) is 16.1 Å². The first-order valence-electron chi connectivity index (χ1n) is 6.18. The van der Waals surface area contributed by atoms with Crippen LogP contribution in [-0.2, 0) is 10.3 Å². The van der Waals surface area contributed by atoms with Gasteiger partial charge in [-0.3, -0.25) is 4.79 Å². The molecule has 0 aliphatic heterocycles. The molecule has 0 spiro atoms. The molecular formula is C15H15FN2O3. The first-order valence-corrected chi connectivity index (χ1v) is 6.18. The molecule has 2 aromatic rings. The van der Waals surface area contributed by atoms with Crippen molar-refractivity contribution in [2.75, 3.05) is 5.32 Å². The third kappa shape index (κ3) is 3.05. The Morgan fingerprint density at radius 2 is 1.81 bits per heavy atom. The highest BCUT2D eigenvalue weighted by molar-refractivity contribution is 5.89. The van der Waals surface area contributed by atoms with Crippen LogP contribution in [0.3, 0.4) is 0 Å². The first kappa shape index (κ1) is 14.6. The standard InChI is InChI=1S/C15H15FN2O3/c1-15(14(17)21,9-5-12(19)8-13(20)6-9)18-11-4-2-3-10(16)7-11/h2-8,18-20H,1H3,(H2,17,21). The topological polar surface area (TPSA) is 95.6 Å². The molecule has 0 aliphatic carbocycles. The Morgan fingerprint density at radius 3 is 2.33 bits per heavy atom. The van der Waals surface area contributed by atoms with E-state index in [1.165, 1.54) is 37.3 Å². The number of phenolic OH excluding ortho intramolecular Hbond substituents is 2. The summed E-state index contributed by atoms with van der Waals surface area (Å²) in [7, 11) is 0. The van der Waals surface area contributed by atoms with Crippen molar-refractivity contribution in [3.8, 4) is 11.5 Å². The lowest BCUT2D eigenvalue weighted by Gasteiger charge is -2.29. The van der Waals surface area contributed by atoms with Crippen molar-refractivity contribution in [3.05, 3.63) is 53.8 Å². The zero-order valence-electron chi connectivity index (χ0n) is 11.3. The molecule has 1 atom stereocenters. The Morgan fingerprint density at radius 1 is 1.19 bits per heavy atom. The summed E-state index contributed by atoms with van der Waals surface area (Å²) in [6, 6.07) is 9.28. The van der Waals surface area contributed by atoms with Crippen molar-refractivity contribution in [1.82, 2.24) is 0 Å². The Balaban J connectivity index is 2.47. The normalized spacial score (nSPS) is 13.4. The van der Waals surface area contributed by atoms with Gasteiger partial charge in [0.15, 0.2) is 0 Å². The minimum absolute atomic E-state index is 0.210. The lowest BCUT2D eigenvalue weighted by atomic mass is 9.90. The molecule has 5 N–H and O–H groups in total. The van der Waals surface area contributed by atoms with Gasteiger partial charge in [0.2, 0.25) is 5.91 Å². The number of carbonyl (C=O) groups is 1. The Hall–Kier alpha value is -2.76. The maximum Gasteiger partial charge on any atom is 0.247 e. The largest absolute Gasteiger partial charge is 0.508 e. The van der Waals surface area contributed by atoms with Gasteiger partial charge < -0.3 is 21.3 Å². The van der Waals surface area contributed by atoms with E-state index >= 15 is 0 Å². The van der Waals surface area contributed by atoms with E-state index in [4.69, 9.17) is 5.73 Å². The Kier molecular flexibility index (Phi) is 3.71. The van der Waals surface area contributed by atoms with Gasteiger partial charge in [-0.15, -0.1) is 0 Å². The molecule has 1 amide bonds. The first-order chi connectivity index (χ1) is 9.81. The second-order valence-electron chi connectivity index (χ2n) is 4.86. The van der Waals surface area contributed by atoms with Gasteiger partial charge in [0.25, 0.3) is 0 Å². The lowest BCUT2D eigenvalue weighted by molar-refractivity contribution is -0.122. The van der Waals surface area contributed by atoms with Crippen LogP contribution in [0.1, 0.15) is 12.5 Å². The number of hydrogen-bond donors (Lipinski definition) is 4. The molecule has 2 aromatic carbocycles. The number of halogens is 1. The zero-order valence-corrected chi connectivity index (χ0v) is 11.3. The molecule has 2 rings (SSSR count). The van der Waals surface area contributed by atoms with Gasteiger partial charge >= 0.3 is 0 Å². The summed E-state index contributed by atoms with van der Waals surface area (Å²) in [5.74, 6) is -1.63. The maximum absolute atomic E-state index is 13.2. The molecule has 0 heterocycles. The van der Waals surface area contributed by atoms with Crippen molar-refractivity contribution < 1.29 is 19.4 Å². The number of anilines is 1. The second-order valence-corrected chi connectivity index (χ2v) is 4.86. The Labute approximate surface area is 120 Å². The van der Waals surface area contributed by atoms with Crippen molar-refractivity contribution in [2.24, 2.45) is 5.73 Å². The quantitative estimate of drug-likeness (QED) is 0.693. The third-order valence-electron chi connectivity index (χ3n) is 3.19. The van der Waals surface area contributed by atoms with Crippen LogP contribution in [0.15, 0.2) is 42.5 Å². The summed E-state index contributed by atoms with van der Waals surface area (Å²) in [6.07, 6.45) is 0. The summed E-state index contributed by atoms with van der Waals surface area (Å²) in [5, 5.41) is 21.9. The van der Waals surface area contributed by atoms with Crippen molar-refractivity contribution in [2.45, 2.75) is 12.5 Å². The summed E-state index contributed by atoms with van der Waals surface area (Å²) < 4.78 is 13.2. The minimum Gasteiger partial charge on any atom is -0.508 e. The van der Waals surface area contributed by atoms with E-state index in [1.54, 1.807) is 6.07 Å². The molecule has 0 radical (unpaired) electrons. The number of carbonyl (C=O) groups excluding carboxylic acids is 1. The fraction of sp³-hybridized carbons (Fsp3) is 0.133. The summed E-state index contributed by atoms with van der Waals surface area (Å²) in [4.78, 5) is 11.8. The predicted octanol–water partition coefficient (Wildman–Crippen LogP) is 2.05. The number of amides is 1. The number of rotatable bonds is 4. The van der Waals surface area contributed by atoms with E-state index < -0.39 is 17.3 Å². The SMILES string of the molecule is CC(Nc1cccc(F)c1)(C(N)=O)c1cc(O)cc(O)c1. The number of benzene rings is 2. The summed E-state index contributed by atoms with van der Waals surface area (Å²) >= 11 is 0. The van der Waals surface area contributed by atoms with Crippen LogP contribution in [0.5, 0.6) is 11.5 Å². The molecule has 0 bridgehead atoms. The molecule has 0 saturated heterocycles. The van der Waals surface area contributed by atoms with Gasteiger partial charge in [-0.1, -0.05) is 6.07 Å². The van der Waals surface area contributed by atoms with Crippen LogP contribution < -0.4 is 11.1 Å². The number of nitrogens with two attached hydrogens (primary N) is 1. The number of aromatic hydroxyl groups is 2. The van der Waals surface area contributed by atoms with Crippen LogP contribution in [0.4, 0.5) is 10.1 Å². The van der Waals surface area contributed by atoms with Crippen molar-refractivity contribution >= 4 is 11.6 Å². The molecule has 0 aromatic heterocycles. The fourth-order valence-electron chi connectivity index (χ4n) is 2.01. The molecule has 1 unspecified atom stereocenters. The van der Waals surface area contributed by atoms with E-state index in [-0.39, 0.29) is 17.1 Å². The predicted molar refractivity (Wildman–Crippen MR) is 76.3 cm³/mol. The number of nitrogens with one attached hydrogen (secondary N) is 1. The number of phenols is 2. The van der Waals surface area contributed by atoms with E-state index in [0.29, 0.717) is 5.69 Å². The van der Waals surface area contributed by atoms with Crippen LogP contribution in [0, 0.1) is 5.82 Å². The van der Waals surface area contributed by atoms with Crippen LogP contribution in [0.25, 0.3) is 0 Å². The molecule has 0 saturated carbocycles. The maximum atomic E-state index is 13.2. The molecule has 0 aliphatic rings. The molecule has 5 nitrogen and oxygen atoms in total. The highest BCUT2D eigenvalue weighted by atomic mass is 19.1. The Bertz CT molecular complexity index is 670. The average Bonchev–Trinajstić information content (AvgIpc) is 2.37. The zero-order chi connectivity index (χ0) is 15.6. The monoisotopic (exact) mass is 290 g/mol. The van der Waals surface area contributed by atoms with E-state index in [9.17, 15) is 19.4 Å². The van der Waals surface area contributed by atoms with Gasteiger partial charge in [-0.05, 0) is 42.8 Å². The van der Waals surface area contributed by atoms with Gasteiger partial charge in [0.1, 0.15) is 22.9 Å². The summed E-state index contributed by atoms with van der Waals surface area (Å²) in [6.45, 7) is 1.48. The van der Waals surface area contributed by atoms with Gasteiger partial charge in [-0.2, -0.15) is 0 Å². The molecule has 21 heavy (non-hydrogen) atoms. The van der Waals surface area contributed by atoms with E-state index in [0.717, 1.165) is 6.07 Å². The molecule has 0 fully saturated rings. The van der Waals surface area contributed by atoms with Gasteiger partial charge in [0, 0.05) is 11.8 Å². The molecular weight excluding hydrogens is 275 g/mol. The fourth-order valence-corrected chi connectivity index (χ4v) is 2.01. The van der Waals surface area contributed by atoms with Gasteiger partial charge in [0.05, 0.1) is 0 Å². The molecule has 6 heteroatoms. The second kappa shape index (κ2) is 5.32. The van der Waals surface area contributed by atoms with Crippen molar-refractivity contribution in [1.29, 1.82) is 0 Å². The highest BCUT2D eigenvalue weighted by Crippen LogP contribution is 2.31. The van der Waals surface area contributed by atoms with Gasteiger partial charge in [-0.25, -0.2) is 4.39 Å². The minimum atomic E-state index is -1.43. The van der Waals surface area contributed by atoms with Crippen molar-refractivity contribution in [3.63, 3.8) is 0 Å². The van der Waals surface area contributed by atoms with E-state index in [2.05, 4.69) is 5.32 Å². The summed E-state index contributed by atoms with van der Waals surface area (Å²) in [5.41, 5.74) is 4.61. The number of primary amides is 1.